The number of rotatable bonds is 10. The molecular weight excluding hydrogens is 495 g/mol. The maximum atomic E-state index is 15.1. The summed E-state index contributed by atoms with van der Waals surface area (Å²) in [6.45, 7) is 6.36. The van der Waals surface area contributed by atoms with Crippen molar-refractivity contribution in [2.24, 2.45) is 5.92 Å². The molecule has 0 N–H and O–H groups in total. The molecule has 1 aliphatic heterocycles. The second-order valence-electron chi connectivity index (χ2n) is 10.1. The van der Waals surface area contributed by atoms with Crippen molar-refractivity contribution in [2.75, 3.05) is 6.61 Å². The number of halogens is 5. The van der Waals surface area contributed by atoms with E-state index in [-0.39, 0.29) is 34.3 Å². The van der Waals surface area contributed by atoms with Gasteiger partial charge in [0.15, 0.2) is 23.3 Å². The fourth-order valence-electron chi connectivity index (χ4n) is 5.15. The van der Waals surface area contributed by atoms with E-state index in [4.69, 9.17) is 4.74 Å². The van der Waals surface area contributed by atoms with Crippen molar-refractivity contribution in [2.45, 2.75) is 64.4 Å². The van der Waals surface area contributed by atoms with E-state index in [1.807, 2.05) is 0 Å². The average molecular weight is 529 g/mol. The number of hydrogen-bond acceptors (Lipinski definition) is 1. The molecule has 1 aliphatic rings. The molecule has 0 amide bonds. The van der Waals surface area contributed by atoms with Gasteiger partial charge in [0.25, 0.3) is 0 Å². The third kappa shape index (κ3) is 6.17. The topological polar surface area (TPSA) is 9.23 Å². The summed E-state index contributed by atoms with van der Waals surface area (Å²) in [7, 11) is 0. The van der Waals surface area contributed by atoms with Gasteiger partial charge in [0.2, 0.25) is 0 Å². The smallest absolute Gasteiger partial charge is 0.167 e. The molecule has 202 valence electrons. The lowest BCUT2D eigenvalue weighted by Gasteiger charge is -2.29. The van der Waals surface area contributed by atoms with Crippen LogP contribution in [0, 0.1) is 35.0 Å². The number of ether oxygens (including phenoxy) is 1. The number of aryl methyl sites for hydroxylation is 2. The summed E-state index contributed by atoms with van der Waals surface area (Å²) < 4.78 is 80.7. The summed E-state index contributed by atoms with van der Waals surface area (Å²) >= 11 is 0. The Balaban J connectivity index is 1.51. The molecule has 1 fully saturated rings. The van der Waals surface area contributed by atoms with Crippen molar-refractivity contribution in [3.8, 4) is 22.3 Å². The SMILES string of the molecule is C=CCCc1ccc(-c2ccc(-c3ccc(CCC4CCC(CCC)OC4)c(F)c3F)c(F)c2F)c(F)c1. The van der Waals surface area contributed by atoms with Crippen LogP contribution in [-0.4, -0.2) is 12.7 Å². The van der Waals surface area contributed by atoms with Crippen molar-refractivity contribution in [3.05, 3.63) is 95.3 Å². The minimum atomic E-state index is -1.36. The van der Waals surface area contributed by atoms with Crippen LogP contribution in [0.4, 0.5) is 22.0 Å². The Labute approximate surface area is 221 Å². The average Bonchev–Trinajstić information content (AvgIpc) is 2.92. The van der Waals surface area contributed by atoms with Gasteiger partial charge in [0, 0.05) is 28.9 Å². The van der Waals surface area contributed by atoms with Crippen LogP contribution in [0.25, 0.3) is 22.3 Å². The Bertz CT molecular complexity index is 1280. The summed E-state index contributed by atoms with van der Waals surface area (Å²) in [6.07, 6.45) is 8.27. The molecule has 4 rings (SSSR count). The van der Waals surface area contributed by atoms with Gasteiger partial charge < -0.3 is 4.74 Å². The molecule has 1 heterocycles. The highest BCUT2D eigenvalue weighted by molar-refractivity contribution is 5.72. The highest BCUT2D eigenvalue weighted by atomic mass is 19.2. The second kappa shape index (κ2) is 12.7. The van der Waals surface area contributed by atoms with Crippen LogP contribution < -0.4 is 0 Å². The molecule has 6 heteroatoms. The highest BCUT2D eigenvalue weighted by Crippen LogP contribution is 2.35. The first-order chi connectivity index (χ1) is 18.3. The van der Waals surface area contributed by atoms with Crippen LogP contribution in [0.5, 0.6) is 0 Å². The Kier molecular flexibility index (Phi) is 9.37. The molecule has 0 saturated carbocycles. The van der Waals surface area contributed by atoms with Crippen LogP contribution in [0.1, 0.15) is 56.6 Å². The van der Waals surface area contributed by atoms with E-state index in [9.17, 15) is 8.78 Å². The van der Waals surface area contributed by atoms with Crippen LogP contribution >= 0.6 is 0 Å². The Hall–Kier alpha value is -2.99. The molecule has 38 heavy (non-hydrogen) atoms. The molecule has 1 nitrogen and oxygen atoms in total. The van der Waals surface area contributed by atoms with Crippen LogP contribution in [0.2, 0.25) is 0 Å². The lowest BCUT2D eigenvalue weighted by molar-refractivity contribution is -0.0218. The summed E-state index contributed by atoms with van der Waals surface area (Å²) in [5.41, 5.74) is -0.286. The van der Waals surface area contributed by atoms with Gasteiger partial charge >= 0.3 is 0 Å². The number of hydrogen-bond donors (Lipinski definition) is 0. The maximum absolute atomic E-state index is 15.1. The zero-order valence-electron chi connectivity index (χ0n) is 21.6. The lowest BCUT2D eigenvalue weighted by Crippen LogP contribution is -2.26. The van der Waals surface area contributed by atoms with E-state index in [0.717, 1.165) is 31.7 Å². The zero-order chi connectivity index (χ0) is 27.2. The Morgan fingerprint density at radius 3 is 2.03 bits per heavy atom. The molecule has 2 unspecified atom stereocenters. The predicted molar refractivity (Wildman–Crippen MR) is 141 cm³/mol. The number of benzene rings is 3. The van der Waals surface area contributed by atoms with Crippen molar-refractivity contribution in [1.82, 2.24) is 0 Å². The van der Waals surface area contributed by atoms with Gasteiger partial charge in [0.05, 0.1) is 6.10 Å². The molecule has 0 spiro atoms. The van der Waals surface area contributed by atoms with Gasteiger partial charge in [-0.15, -0.1) is 6.58 Å². The Morgan fingerprint density at radius 2 is 1.42 bits per heavy atom. The normalized spacial score (nSPS) is 17.5. The summed E-state index contributed by atoms with van der Waals surface area (Å²) in [4.78, 5) is 0. The van der Waals surface area contributed by atoms with Crippen LogP contribution in [0.3, 0.4) is 0 Å². The molecule has 0 radical (unpaired) electrons. The molecule has 0 aromatic heterocycles. The second-order valence-corrected chi connectivity index (χ2v) is 10.1. The zero-order valence-corrected chi connectivity index (χ0v) is 21.6. The maximum Gasteiger partial charge on any atom is 0.167 e. The van der Waals surface area contributed by atoms with E-state index in [1.165, 1.54) is 30.3 Å². The van der Waals surface area contributed by atoms with E-state index >= 15 is 13.2 Å². The fraction of sp³-hybridized carbons (Fsp3) is 0.375. The first-order valence-electron chi connectivity index (χ1n) is 13.3. The van der Waals surface area contributed by atoms with Crippen molar-refractivity contribution < 1.29 is 26.7 Å². The van der Waals surface area contributed by atoms with Crippen LogP contribution in [-0.2, 0) is 17.6 Å². The minimum Gasteiger partial charge on any atom is -0.378 e. The van der Waals surface area contributed by atoms with Gasteiger partial charge in [-0.3, -0.25) is 0 Å². The van der Waals surface area contributed by atoms with Crippen molar-refractivity contribution >= 4 is 0 Å². The minimum absolute atomic E-state index is 0.106. The van der Waals surface area contributed by atoms with Gasteiger partial charge in [0.1, 0.15) is 5.82 Å². The molecule has 2 atom stereocenters. The predicted octanol–water partition coefficient (Wildman–Crippen LogP) is 9.36. The number of allylic oxidation sites excluding steroid dienone is 1. The molecule has 3 aromatic carbocycles. The van der Waals surface area contributed by atoms with Crippen LogP contribution in [0.15, 0.2) is 55.1 Å². The summed E-state index contributed by atoms with van der Waals surface area (Å²) in [5, 5.41) is 0. The van der Waals surface area contributed by atoms with E-state index in [2.05, 4.69) is 13.5 Å². The fourth-order valence-corrected chi connectivity index (χ4v) is 5.15. The molecule has 1 saturated heterocycles. The molecular formula is C32H33F5O. The van der Waals surface area contributed by atoms with E-state index < -0.39 is 34.6 Å². The van der Waals surface area contributed by atoms with Gasteiger partial charge in [-0.25, -0.2) is 22.0 Å². The molecule has 0 aliphatic carbocycles. The van der Waals surface area contributed by atoms with Crippen molar-refractivity contribution in [3.63, 3.8) is 0 Å². The lowest BCUT2D eigenvalue weighted by atomic mass is 9.90. The van der Waals surface area contributed by atoms with Gasteiger partial charge in [-0.1, -0.05) is 55.8 Å². The Morgan fingerprint density at radius 1 is 0.789 bits per heavy atom. The van der Waals surface area contributed by atoms with Crippen molar-refractivity contribution in [1.29, 1.82) is 0 Å². The monoisotopic (exact) mass is 528 g/mol. The first-order valence-corrected chi connectivity index (χ1v) is 13.3. The quantitative estimate of drug-likeness (QED) is 0.188. The van der Waals surface area contributed by atoms with Gasteiger partial charge in [-0.05, 0) is 68.1 Å². The first kappa shape index (κ1) is 28.0. The molecule has 3 aromatic rings. The third-order valence-electron chi connectivity index (χ3n) is 7.39. The van der Waals surface area contributed by atoms with Gasteiger partial charge in [-0.2, -0.15) is 0 Å². The third-order valence-corrected chi connectivity index (χ3v) is 7.39. The van der Waals surface area contributed by atoms with E-state index in [0.29, 0.717) is 37.9 Å². The molecule has 0 bridgehead atoms. The van der Waals surface area contributed by atoms with E-state index in [1.54, 1.807) is 12.1 Å². The summed E-state index contributed by atoms with van der Waals surface area (Å²) in [6, 6.07) is 9.35. The summed E-state index contributed by atoms with van der Waals surface area (Å²) in [5.74, 6) is -5.38. The largest absolute Gasteiger partial charge is 0.378 e. The highest BCUT2D eigenvalue weighted by Gasteiger charge is 2.24. The standard InChI is InChI=1S/C32H33F5O/c1-3-5-7-20-10-14-24(28(33)18-20)25-16-17-27(32(37)31(25)36)26-15-12-22(29(34)30(26)35)11-8-21-9-13-23(6-4-2)38-19-21/h3,10,12,14-18,21,23H,1,4-9,11,13,19H2,2H3.